The third kappa shape index (κ3) is 6.79. The van der Waals surface area contributed by atoms with Crippen LogP contribution in [0.2, 0.25) is 0 Å². The second-order valence-corrected chi connectivity index (χ2v) is 7.37. The molecule has 0 aliphatic heterocycles. The Balaban J connectivity index is 0.00000338. The van der Waals surface area contributed by atoms with Crippen LogP contribution in [-0.2, 0) is 13.6 Å². The molecule has 0 radical (unpaired) electrons. The van der Waals surface area contributed by atoms with Crippen LogP contribution in [0.4, 0.5) is 0 Å². The molecule has 8 heteroatoms. The molecule has 1 aromatic carbocycles. The van der Waals surface area contributed by atoms with Crippen molar-refractivity contribution in [3.8, 4) is 0 Å². The van der Waals surface area contributed by atoms with E-state index in [1.807, 2.05) is 36.4 Å². The normalized spacial score (nSPS) is 13.7. The average molecular weight is 488 g/mol. The third-order valence-electron chi connectivity index (χ3n) is 4.17. The molecule has 6 nitrogen and oxygen atoms in total. The van der Waals surface area contributed by atoms with Gasteiger partial charge in [-0.1, -0.05) is 37.3 Å². The van der Waals surface area contributed by atoms with Crippen molar-refractivity contribution in [3.05, 3.63) is 47.5 Å². The average Bonchev–Trinajstić information content (AvgIpc) is 2.96. The SMILES string of the molecule is CSC(C)CNC(=NCc1nnc(C)n1C)NC(C)c1ccccc1.I. The molecule has 2 aromatic rings. The summed E-state index contributed by atoms with van der Waals surface area (Å²) in [5, 5.41) is 15.7. The molecule has 2 rings (SSSR count). The second kappa shape index (κ2) is 11.4. The highest BCUT2D eigenvalue weighted by Crippen LogP contribution is 2.11. The lowest BCUT2D eigenvalue weighted by Gasteiger charge is -2.20. The van der Waals surface area contributed by atoms with E-state index >= 15 is 0 Å². The van der Waals surface area contributed by atoms with Crippen LogP contribution < -0.4 is 10.6 Å². The van der Waals surface area contributed by atoms with E-state index in [0.29, 0.717) is 11.8 Å². The smallest absolute Gasteiger partial charge is 0.192 e. The predicted octanol–water partition coefficient (Wildman–Crippen LogP) is 3.29. The van der Waals surface area contributed by atoms with Crippen molar-refractivity contribution in [3.63, 3.8) is 0 Å². The van der Waals surface area contributed by atoms with E-state index in [2.05, 4.69) is 65.2 Å². The summed E-state index contributed by atoms with van der Waals surface area (Å²) in [7, 11) is 1.96. The molecule has 2 unspecified atom stereocenters. The standard InChI is InChI=1S/C18H28N6S.HI/c1-13(25-5)11-19-18(20-12-17-23-22-15(3)24(17)4)21-14(2)16-9-7-6-8-10-16;/h6-10,13-14H,11-12H2,1-5H3,(H2,19,20,21);1H. The minimum absolute atomic E-state index is 0. The molecular formula is C18H29IN6S. The fourth-order valence-electron chi connectivity index (χ4n) is 2.24. The van der Waals surface area contributed by atoms with Crippen LogP contribution in [-0.4, -0.2) is 38.8 Å². The van der Waals surface area contributed by atoms with Gasteiger partial charge in [0, 0.05) is 18.8 Å². The Morgan fingerprint density at radius 3 is 2.50 bits per heavy atom. The molecule has 26 heavy (non-hydrogen) atoms. The number of aromatic nitrogens is 3. The maximum Gasteiger partial charge on any atom is 0.192 e. The summed E-state index contributed by atoms with van der Waals surface area (Å²) in [6.45, 7) is 7.61. The molecule has 1 aromatic heterocycles. The largest absolute Gasteiger partial charge is 0.355 e. The van der Waals surface area contributed by atoms with Gasteiger partial charge in [0.25, 0.3) is 0 Å². The molecule has 2 atom stereocenters. The first-order valence-electron chi connectivity index (χ1n) is 8.48. The number of nitrogens with one attached hydrogen (secondary N) is 2. The van der Waals surface area contributed by atoms with E-state index in [4.69, 9.17) is 4.99 Å². The molecule has 0 spiro atoms. The highest BCUT2D eigenvalue weighted by atomic mass is 127. The molecule has 0 fully saturated rings. The molecule has 144 valence electrons. The van der Waals surface area contributed by atoms with Gasteiger partial charge in [-0.05, 0) is 25.7 Å². The monoisotopic (exact) mass is 488 g/mol. The van der Waals surface area contributed by atoms with Gasteiger partial charge in [-0.2, -0.15) is 11.8 Å². The number of aryl methyl sites for hydroxylation is 1. The van der Waals surface area contributed by atoms with Crippen molar-refractivity contribution >= 4 is 41.7 Å². The van der Waals surface area contributed by atoms with Crippen LogP contribution in [0, 0.1) is 6.92 Å². The maximum atomic E-state index is 4.70. The summed E-state index contributed by atoms with van der Waals surface area (Å²) in [5.41, 5.74) is 1.23. The van der Waals surface area contributed by atoms with Crippen LogP contribution >= 0.6 is 35.7 Å². The van der Waals surface area contributed by atoms with Gasteiger partial charge in [0.15, 0.2) is 11.8 Å². The first kappa shape index (κ1) is 22.8. The van der Waals surface area contributed by atoms with E-state index in [1.54, 1.807) is 0 Å². The summed E-state index contributed by atoms with van der Waals surface area (Å²) < 4.78 is 1.96. The Morgan fingerprint density at radius 2 is 1.92 bits per heavy atom. The van der Waals surface area contributed by atoms with E-state index in [1.165, 1.54) is 5.56 Å². The fourth-order valence-corrected chi connectivity index (χ4v) is 2.49. The topological polar surface area (TPSA) is 67.1 Å². The predicted molar refractivity (Wildman–Crippen MR) is 121 cm³/mol. The minimum Gasteiger partial charge on any atom is -0.355 e. The fraction of sp³-hybridized carbons (Fsp3) is 0.500. The molecule has 0 aliphatic carbocycles. The Labute approximate surface area is 177 Å². The van der Waals surface area contributed by atoms with Crippen molar-refractivity contribution < 1.29 is 0 Å². The van der Waals surface area contributed by atoms with Crippen LogP contribution in [0.3, 0.4) is 0 Å². The number of aliphatic imine (C=N–C) groups is 1. The van der Waals surface area contributed by atoms with Gasteiger partial charge in [0.05, 0.1) is 6.04 Å². The molecule has 0 bridgehead atoms. The summed E-state index contributed by atoms with van der Waals surface area (Å²) in [6, 6.07) is 10.5. The van der Waals surface area contributed by atoms with Crippen LogP contribution in [0.5, 0.6) is 0 Å². The zero-order chi connectivity index (χ0) is 18.2. The van der Waals surface area contributed by atoms with E-state index < -0.39 is 0 Å². The number of hydrogen-bond donors (Lipinski definition) is 2. The zero-order valence-electron chi connectivity index (χ0n) is 16.1. The van der Waals surface area contributed by atoms with E-state index in [9.17, 15) is 0 Å². The van der Waals surface area contributed by atoms with Crippen molar-refractivity contribution in [1.29, 1.82) is 0 Å². The Morgan fingerprint density at radius 1 is 1.23 bits per heavy atom. The molecule has 0 aliphatic rings. The highest BCUT2D eigenvalue weighted by molar-refractivity contribution is 14.0. The molecular weight excluding hydrogens is 459 g/mol. The number of benzene rings is 1. The van der Waals surface area contributed by atoms with Crippen LogP contribution in [0.1, 0.15) is 37.1 Å². The van der Waals surface area contributed by atoms with Crippen molar-refractivity contribution in [1.82, 2.24) is 25.4 Å². The van der Waals surface area contributed by atoms with Gasteiger partial charge in [-0.25, -0.2) is 4.99 Å². The number of halogens is 1. The van der Waals surface area contributed by atoms with Gasteiger partial charge in [-0.3, -0.25) is 0 Å². The van der Waals surface area contributed by atoms with Gasteiger partial charge in [-0.15, -0.1) is 34.2 Å². The number of guanidine groups is 1. The quantitative estimate of drug-likeness (QED) is 0.356. The van der Waals surface area contributed by atoms with E-state index in [-0.39, 0.29) is 30.0 Å². The molecule has 0 saturated carbocycles. The second-order valence-electron chi connectivity index (χ2n) is 6.09. The number of nitrogens with zero attached hydrogens (tertiary/aromatic N) is 4. The summed E-state index contributed by atoms with van der Waals surface area (Å²) >= 11 is 1.83. The molecule has 0 saturated heterocycles. The third-order valence-corrected chi connectivity index (χ3v) is 5.14. The lowest BCUT2D eigenvalue weighted by atomic mass is 10.1. The molecule has 1 heterocycles. The summed E-state index contributed by atoms with van der Waals surface area (Å²) in [4.78, 5) is 4.70. The number of rotatable bonds is 7. The van der Waals surface area contributed by atoms with Crippen molar-refractivity contribution in [2.24, 2.45) is 12.0 Å². The Kier molecular flexibility index (Phi) is 10.0. The first-order chi connectivity index (χ1) is 12.0. The lowest BCUT2D eigenvalue weighted by Crippen LogP contribution is -2.41. The van der Waals surface area contributed by atoms with Crippen LogP contribution in [0.15, 0.2) is 35.3 Å². The van der Waals surface area contributed by atoms with Gasteiger partial charge in [0.1, 0.15) is 12.4 Å². The van der Waals surface area contributed by atoms with Crippen molar-refractivity contribution in [2.45, 2.75) is 38.6 Å². The highest BCUT2D eigenvalue weighted by Gasteiger charge is 2.10. The summed E-state index contributed by atoms with van der Waals surface area (Å²) in [6.07, 6.45) is 2.12. The summed E-state index contributed by atoms with van der Waals surface area (Å²) in [5.74, 6) is 2.53. The zero-order valence-corrected chi connectivity index (χ0v) is 19.2. The first-order valence-corrected chi connectivity index (χ1v) is 9.77. The maximum absolute atomic E-state index is 4.70. The van der Waals surface area contributed by atoms with Gasteiger partial charge >= 0.3 is 0 Å². The minimum atomic E-state index is 0. The lowest BCUT2D eigenvalue weighted by molar-refractivity contribution is 0.675. The van der Waals surface area contributed by atoms with Gasteiger partial charge < -0.3 is 15.2 Å². The van der Waals surface area contributed by atoms with E-state index in [0.717, 1.165) is 24.2 Å². The van der Waals surface area contributed by atoms with Gasteiger partial charge in [0.2, 0.25) is 0 Å². The van der Waals surface area contributed by atoms with Crippen LogP contribution in [0.25, 0.3) is 0 Å². The number of thioether (sulfide) groups is 1. The Bertz CT molecular complexity index is 688. The van der Waals surface area contributed by atoms with Crippen molar-refractivity contribution in [2.75, 3.05) is 12.8 Å². The Hall–Kier alpha value is -1.29. The molecule has 2 N–H and O–H groups in total. The number of hydrogen-bond acceptors (Lipinski definition) is 4. The molecule has 0 amide bonds.